The predicted octanol–water partition coefficient (Wildman–Crippen LogP) is 1.72. The summed E-state index contributed by atoms with van der Waals surface area (Å²) in [7, 11) is 0. The largest absolute Gasteiger partial charge is 0.389 e. The van der Waals surface area contributed by atoms with Crippen LogP contribution in [0.1, 0.15) is 25.1 Å². The van der Waals surface area contributed by atoms with Gasteiger partial charge in [0.25, 0.3) is 0 Å². The van der Waals surface area contributed by atoms with Gasteiger partial charge < -0.3 is 9.84 Å². The molecule has 0 saturated carbocycles. The quantitative estimate of drug-likeness (QED) is 0.765. The highest BCUT2D eigenvalue weighted by molar-refractivity contribution is 4.87. The van der Waals surface area contributed by atoms with Crippen molar-refractivity contribution in [3.05, 3.63) is 11.7 Å². The SMILES string of the molecule is CCNCCc1nc(CCC(F)(F)F)no1. The van der Waals surface area contributed by atoms with E-state index in [1.54, 1.807) is 0 Å². The van der Waals surface area contributed by atoms with E-state index in [1.807, 2.05) is 6.92 Å². The Labute approximate surface area is 91.2 Å². The number of nitrogens with zero attached hydrogens (tertiary/aromatic N) is 2. The highest BCUT2D eigenvalue weighted by Crippen LogP contribution is 2.21. The summed E-state index contributed by atoms with van der Waals surface area (Å²) in [5.41, 5.74) is 0. The topological polar surface area (TPSA) is 51.0 Å². The molecule has 1 rings (SSSR count). The minimum absolute atomic E-state index is 0.115. The summed E-state index contributed by atoms with van der Waals surface area (Å²) in [6.07, 6.45) is -4.79. The number of aromatic nitrogens is 2. The van der Waals surface area contributed by atoms with E-state index in [9.17, 15) is 13.2 Å². The van der Waals surface area contributed by atoms with Crippen molar-refractivity contribution in [3.63, 3.8) is 0 Å². The standard InChI is InChI=1S/C9H14F3N3O/c1-2-13-6-4-8-14-7(15-16-8)3-5-9(10,11)12/h13H,2-6H2,1H3. The van der Waals surface area contributed by atoms with Crippen molar-refractivity contribution in [1.29, 1.82) is 0 Å². The second kappa shape index (κ2) is 5.83. The van der Waals surface area contributed by atoms with Crippen LogP contribution in [0.4, 0.5) is 13.2 Å². The minimum atomic E-state index is -4.18. The van der Waals surface area contributed by atoms with Crippen LogP contribution < -0.4 is 5.32 Å². The van der Waals surface area contributed by atoms with Crippen molar-refractivity contribution in [1.82, 2.24) is 15.5 Å². The zero-order chi connectivity index (χ0) is 12.0. The Morgan fingerprint density at radius 3 is 2.69 bits per heavy atom. The molecular formula is C9H14F3N3O. The first-order valence-corrected chi connectivity index (χ1v) is 5.10. The van der Waals surface area contributed by atoms with Gasteiger partial charge >= 0.3 is 6.18 Å². The Hall–Kier alpha value is -1.11. The first-order chi connectivity index (χ1) is 7.51. The number of hydrogen-bond donors (Lipinski definition) is 1. The van der Waals surface area contributed by atoms with E-state index in [0.717, 1.165) is 6.54 Å². The number of halogens is 3. The van der Waals surface area contributed by atoms with E-state index in [-0.39, 0.29) is 12.2 Å². The molecule has 1 heterocycles. The maximum Gasteiger partial charge on any atom is 0.389 e. The lowest BCUT2D eigenvalue weighted by molar-refractivity contribution is -0.134. The van der Waals surface area contributed by atoms with E-state index in [1.165, 1.54) is 0 Å². The molecule has 0 aliphatic rings. The third-order valence-corrected chi connectivity index (χ3v) is 1.91. The molecule has 0 saturated heterocycles. The summed E-state index contributed by atoms with van der Waals surface area (Å²) in [6, 6.07) is 0. The molecule has 0 fully saturated rings. The highest BCUT2D eigenvalue weighted by atomic mass is 19.4. The molecule has 0 atom stereocenters. The van der Waals surface area contributed by atoms with Gasteiger partial charge in [-0.2, -0.15) is 18.2 Å². The fourth-order valence-corrected chi connectivity index (χ4v) is 1.12. The van der Waals surface area contributed by atoms with Gasteiger partial charge in [0, 0.05) is 19.4 Å². The lowest BCUT2D eigenvalue weighted by Crippen LogP contribution is -2.16. The number of hydrogen-bond acceptors (Lipinski definition) is 4. The van der Waals surface area contributed by atoms with Crippen molar-refractivity contribution >= 4 is 0 Å². The second-order valence-electron chi connectivity index (χ2n) is 3.32. The van der Waals surface area contributed by atoms with Crippen LogP contribution in [0.5, 0.6) is 0 Å². The molecule has 1 N–H and O–H groups in total. The van der Waals surface area contributed by atoms with Crippen LogP contribution in [0.15, 0.2) is 4.52 Å². The van der Waals surface area contributed by atoms with Gasteiger partial charge in [-0.15, -0.1) is 0 Å². The molecule has 4 nitrogen and oxygen atoms in total. The summed E-state index contributed by atoms with van der Waals surface area (Å²) in [6.45, 7) is 3.47. The molecule has 0 bridgehead atoms. The molecule has 16 heavy (non-hydrogen) atoms. The third kappa shape index (κ3) is 5.11. The van der Waals surface area contributed by atoms with E-state index in [4.69, 9.17) is 4.52 Å². The Bertz CT molecular complexity index is 311. The van der Waals surface area contributed by atoms with Crippen LogP contribution in [0, 0.1) is 0 Å². The molecule has 92 valence electrons. The molecule has 0 spiro atoms. The number of likely N-dealkylation sites (N-methyl/N-ethyl adjacent to an activating group) is 1. The summed E-state index contributed by atoms with van der Waals surface area (Å²) < 4.78 is 40.5. The van der Waals surface area contributed by atoms with Crippen LogP contribution in [-0.4, -0.2) is 29.4 Å². The van der Waals surface area contributed by atoms with Crippen molar-refractivity contribution in [2.24, 2.45) is 0 Å². The number of rotatable bonds is 6. The van der Waals surface area contributed by atoms with Gasteiger partial charge in [-0.25, -0.2) is 0 Å². The Morgan fingerprint density at radius 1 is 1.31 bits per heavy atom. The van der Waals surface area contributed by atoms with E-state index in [2.05, 4.69) is 15.5 Å². The van der Waals surface area contributed by atoms with E-state index < -0.39 is 12.6 Å². The summed E-state index contributed by atoms with van der Waals surface area (Å²) in [4.78, 5) is 3.87. The average molecular weight is 237 g/mol. The molecule has 0 amide bonds. The molecule has 0 radical (unpaired) electrons. The first kappa shape index (κ1) is 13.0. The Kier molecular flexibility index (Phi) is 4.72. The molecule has 0 aliphatic heterocycles. The fourth-order valence-electron chi connectivity index (χ4n) is 1.12. The number of nitrogens with one attached hydrogen (secondary N) is 1. The second-order valence-corrected chi connectivity index (χ2v) is 3.32. The van der Waals surface area contributed by atoms with Crippen LogP contribution in [0.3, 0.4) is 0 Å². The summed E-state index contributed by atoms with van der Waals surface area (Å²) in [5.74, 6) is 0.488. The van der Waals surface area contributed by atoms with Gasteiger partial charge in [0.2, 0.25) is 5.89 Å². The number of aryl methyl sites for hydroxylation is 1. The van der Waals surface area contributed by atoms with Crippen LogP contribution in [0.2, 0.25) is 0 Å². The summed E-state index contributed by atoms with van der Waals surface area (Å²) >= 11 is 0. The lowest BCUT2D eigenvalue weighted by Gasteiger charge is -2.01. The van der Waals surface area contributed by atoms with Crippen molar-refractivity contribution in [2.75, 3.05) is 13.1 Å². The van der Waals surface area contributed by atoms with Gasteiger partial charge in [-0.05, 0) is 6.54 Å². The van der Waals surface area contributed by atoms with Crippen molar-refractivity contribution in [3.8, 4) is 0 Å². The normalized spacial score (nSPS) is 12.0. The van der Waals surface area contributed by atoms with Gasteiger partial charge in [0.1, 0.15) is 0 Å². The van der Waals surface area contributed by atoms with Gasteiger partial charge in [0.05, 0.1) is 6.42 Å². The number of alkyl halides is 3. The smallest absolute Gasteiger partial charge is 0.339 e. The summed E-state index contributed by atoms with van der Waals surface area (Å²) in [5, 5.41) is 6.54. The van der Waals surface area contributed by atoms with Crippen molar-refractivity contribution in [2.45, 2.75) is 32.4 Å². The van der Waals surface area contributed by atoms with Crippen LogP contribution in [0.25, 0.3) is 0 Å². The Morgan fingerprint density at radius 2 is 2.06 bits per heavy atom. The lowest BCUT2D eigenvalue weighted by atomic mass is 10.3. The maximum absolute atomic E-state index is 11.9. The van der Waals surface area contributed by atoms with Crippen LogP contribution >= 0.6 is 0 Å². The Balaban J connectivity index is 2.33. The van der Waals surface area contributed by atoms with E-state index in [0.29, 0.717) is 18.9 Å². The molecular weight excluding hydrogens is 223 g/mol. The van der Waals surface area contributed by atoms with Gasteiger partial charge in [-0.3, -0.25) is 0 Å². The predicted molar refractivity (Wildman–Crippen MR) is 50.9 cm³/mol. The molecule has 7 heteroatoms. The van der Waals surface area contributed by atoms with E-state index >= 15 is 0 Å². The zero-order valence-electron chi connectivity index (χ0n) is 8.97. The molecule has 0 aromatic carbocycles. The molecule has 0 aliphatic carbocycles. The monoisotopic (exact) mass is 237 g/mol. The zero-order valence-corrected chi connectivity index (χ0v) is 8.97. The average Bonchev–Trinajstić information content (AvgIpc) is 2.62. The van der Waals surface area contributed by atoms with Crippen molar-refractivity contribution < 1.29 is 17.7 Å². The van der Waals surface area contributed by atoms with Crippen LogP contribution in [-0.2, 0) is 12.8 Å². The minimum Gasteiger partial charge on any atom is -0.339 e. The van der Waals surface area contributed by atoms with Gasteiger partial charge in [0.15, 0.2) is 5.82 Å². The molecule has 1 aromatic rings. The maximum atomic E-state index is 11.9. The molecule has 1 aromatic heterocycles. The molecule has 0 unspecified atom stereocenters. The third-order valence-electron chi connectivity index (χ3n) is 1.91. The first-order valence-electron chi connectivity index (χ1n) is 5.10. The van der Waals surface area contributed by atoms with Gasteiger partial charge in [-0.1, -0.05) is 12.1 Å². The highest BCUT2D eigenvalue weighted by Gasteiger charge is 2.27. The fraction of sp³-hybridized carbons (Fsp3) is 0.778.